The molecule has 5 aromatic rings. The third-order valence-corrected chi connectivity index (χ3v) is 7.00. The van der Waals surface area contributed by atoms with Crippen molar-refractivity contribution in [3.63, 3.8) is 0 Å². The summed E-state index contributed by atoms with van der Waals surface area (Å²) in [5.41, 5.74) is 3.84. The van der Waals surface area contributed by atoms with Crippen LogP contribution in [-0.2, 0) is 6.54 Å². The van der Waals surface area contributed by atoms with Gasteiger partial charge in [0.05, 0.1) is 42.0 Å². The summed E-state index contributed by atoms with van der Waals surface area (Å²) in [6, 6.07) is 23.1. The van der Waals surface area contributed by atoms with Crippen molar-refractivity contribution in [2.45, 2.75) is 26.4 Å². The molecule has 1 aliphatic heterocycles. The predicted octanol–water partition coefficient (Wildman–Crippen LogP) is 6.79. The molecule has 7 nitrogen and oxygen atoms in total. The molecule has 202 valence electrons. The average molecular weight is 540 g/mol. The number of halogens is 2. The van der Waals surface area contributed by atoms with E-state index in [1.807, 2.05) is 96.0 Å². The molecular formula is C31H27F2N5O2. The van der Waals surface area contributed by atoms with Crippen LogP contribution < -0.4 is 10.1 Å². The Morgan fingerprint density at radius 2 is 1.85 bits per heavy atom. The number of carbonyl (C=O) groups excluding carboxylic acids is 1. The Kier molecular flexibility index (Phi) is 6.55. The van der Waals surface area contributed by atoms with Crippen LogP contribution in [0.5, 0.6) is 5.75 Å². The third kappa shape index (κ3) is 4.49. The van der Waals surface area contributed by atoms with Crippen LogP contribution in [0, 0.1) is 18.6 Å². The Labute approximate surface area is 230 Å². The minimum Gasteiger partial charge on any atom is -0.494 e. The fraction of sp³-hybridized carbons (Fsp3) is 0.161. The van der Waals surface area contributed by atoms with Gasteiger partial charge in [-0.2, -0.15) is 5.10 Å². The molecule has 0 fully saturated rings. The zero-order valence-corrected chi connectivity index (χ0v) is 22.0. The second-order valence-corrected chi connectivity index (χ2v) is 9.53. The molecule has 0 saturated carbocycles. The van der Waals surface area contributed by atoms with E-state index in [4.69, 9.17) is 9.84 Å². The van der Waals surface area contributed by atoms with Gasteiger partial charge in [0, 0.05) is 17.8 Å². The fourth-order valence-electron chi connectivity index (χ4n) is 5.22. The van der Waals surface area contributed by atoms with Crippen molar-refractivity contribution < 1.29 is 18.3 Å². The topological polar surface area (TPSA) is 64.3 Å². The molecule has 9 heteroatoms. The summed E-state index contributed by atoms with van der Waals surface area (Å²) in [5.74, 6) is 0.103. The molecule has 0 spiro atoms. The molecule has 1 atom stereocenters. The SMILES string of the molecule is CCOc1cccc([C@@H]2c3cccn3-c3c(c(C)nn3-c3ccccc3)CN2C(=O)Nc2cc(F)ccc2F)c1. The number of urea groups is 1. The Hall–Kier alpha value is -4.92. The number of carbonyl (C=O) groups is 1. The minimum absolute atomic E-state index is 0.169. The molecule has 3 aromatic carbocycles. The number of hydrogen-bond acceptors (Lipinski definition) is 3. The van der Waals surface area contributed by atoms with Gasteiger partial charge in [0.15, 0.2) is 0 Å². The van der Waals surface area contributed by atoms with Gasteiger partial charge in [-0.3, -0.25) is 0 Å². The summed E-state index contributed by atoms with van der Waals surface area (Å²) >= 11 is 0. The monoisotopic (exact) mass is 539 g/mol. The molecule has 2 aromatic heterocycles. The van der Waals surface area contributed by atoms with E-state index >= 15 is 0 Å². The van der Waals surface area contributed by atoms with Gasteiger partial charge in [0.1, 0.15) is 23.2 Å². The number of amides is 2. The number of aromatic nitrogens is 3. The lowest BCUT2D eigenvalue weighted by Crippen LogP contribution is -2.38. The van der Waals surface area contributed by atoms with E-state index in [9.17, 15) is 13.6 Å². The first-order valence-corrected chi connectivity index (χ1v) is 13.0. The molecule has 1 N–H and O–H groups in total. The molecule has 40 heavy (non-hydrogen) atoms. The van der Waals surface area contributed by atoms with E-state index in [1.54, 1.807) is 4.90 Å². The largest absolute Gasteiger partial charge is 0.494 e. The maximum atomic E-state index is 14.6. The van der Waals surface area contributed by atoms with E-state index in [-0.39, 0.29) is 12.2 Å². The van der Waals surface area contributed by atoms with Crippen molar-refractivity contribution in [1.29, 1.82) is 0 Å². The maximum absolute atomic E-state index is 14.6. The quantitative estimate of drug-likeness (QED) is 0.268. The zero-order chi connectivity index (χ0) is 27.8. The summed E-state index contributed by atoms with van der Waals surface area (Å²) in [5, 5.41) is 7.43. The van der Waals surface area contributed by atoms with E-state index in [2.05, 4.69) is 5.32 Å². The van der Waals surface area contributed by atoms with Crippen LogP contribution in [0.15, 0.2) is 91.1 Å². The Morgan fingerprint density at radius 1 is 1.02 bits per heavy atom. The van der Waals surface area contributed by atoms with Gasteiger partial charge in [0.2, 0.25) is 0 Å². The zero-order valence-electron chi connectivity index (χ0n) is 22.0. The predicted molar refractivity (Wildman–Crippen MR) is 148 cm³/mol. The second-order valence-electron chi connectivity index (χ2n) is 9.53. The first-order valence-electron chi connectivity index (χ1n) is 13.0. The van der Waals surface area contributed by atoms with Crippen molar-refractivity contribution in [2.24, 2.45) is 0 Å². The van der Waals surface area contributed by atoms with Crippen LogP contribution in [0.25, 0.3) is 11.5 Å². The standard InChI is InChI=1S/C31H27F2N5O2/c1-3-40-24-12-7-9-21(17-24)29-28-13-8-16-36(28)30-25(20(2)35-38(30)23-10-5-4-6-11-23)19-37(29)31(39)34-27-18-22(32)14-15-26(27)33/h4-18,29H,3,19H2,1-2H3,(H,34,39)/t29-/m1/s1. The summed E-state index contributed by atoms with van der Waals surface area (Å²) < 4.78 is 38.2. The first-order chi connectivity index (χ1) is 19.4. The smallest absolute Gasteiger partial charge is 0.323 e. The van der Waals surface area contributed by atoms with Crippen LogP contribution in [0.1, 0.15) is 35.5 Å². The van der Waals surface area contributed by atoms with Crippen molar-refractivity contribution in [2.75, 3.05) is 11.9 Å². The molecule has 3 heterocycles. The van der Waals surface area contributed by atoms with Crippen LogP contribution >= 0.6 is 0 Å². The van der Waals surface area contributed by atoms with Crippen molar-refractivity contribution >= 4 is 11.7 Å². The van der Waals surface area contributed by atoms with Gasteiger partial charge >= 0.3 is 6.03 Å². The van der Waals surface area contributed by atoms with Gasteiger partial charge in [-0.15, -0.1) is 0 Å². The van der Waals surface area contributed by atoms with E-state index < -0.39 is 23.7 Å². The Balaban J connectivity index is 1.54. The lowest BCUT2D eigenvalue weighted by molar-refractivity contribution is 0.194. The third-order valence-electron chi connectivity index (χ3n) is 7.00. The molecular weight excluding hydrogens is 512 g/mol. The van der Waals surface area contributed by atoms with Gasteiger partial charge < -0.3 is 19.5 Å². The highest BCUT2D eigenvalue weighted by Crippen LogP contribution is 2.39. The van der Waals surface area contributed by atoms with Gasteiger partial charge in [-0.05, 0) is 67.9 Å². The van der Waals surface area contributed by atoms with E-state index in [0.717, 1.165) is 52.2 Å². The van der Waals surface area contributed by atoms with Gasteiger partial charge in [0.25, 0.3) is 0 Å². The molecule has 0 bridgehead atoms. The van der Waals surface area contributed by atoms with E-state index in [0.29, 0.717) is 12.4 Å². The fourth-order valence-corrected chi connectivity index (χ4v) is 5.22. The Morgan fingerprint density at radius 3 is 2.65 bits per heavy atom. The number of fused-ring (bicyclic) bond motifs is 3. The van der Waals surface area contributed by atoms with Crippen molar-refractivity contribution in [3.05, 3.63) is 125 Å². The molecule has 0 unspecified atom stereocenters. The molecule has 1 aliphatic rings. The maximum Gasteiger partial charge on any atom is 0.323 e. The molecule has 0 radical (unpaired) electrons. The first kappa shape index (κ1) is 25.4. The number of nitrogens with zero attached hydrogens (tertiary/aromatic N) is 4. The number of nitrogens with one attached hydrogen (secondary N) is 1. The summed E-state index contributed by atoms with van der Waals surface area (Å²) in [6.07, 6.45) is 1.95. The van der Waals surface area contributed by atoms with Gasteiger partial charge in [-0.25, -0.2) is 18.3 Å². The number of anilines is 1. The molecule has 2 amide bonds. The van der Waals surface area contributed by atoms with Crippen LogP contribution in [0.3, 0.4) is 0 Å². The molecule has 0 aliphatic carbocycles. The summed E-state index contributed by atoms with van der Waals surface area (Å²) in [7, 11) is 0. The highest BCUT2D eigenvalue weighted by Gasteiger charge is 2.36. The highest BCUT2D eigenvalue weighted by atomic mass is 19.1. The number of rotatable bonds is 5. The highest BCUT2D eigenvalue weighted by molar-refractivity contribution is 5.90. The van der Waals surface area contributed by atoms with E-state index in [1.165, 1.54) is 0 Å². The van der Waals surface area contributed by atoms with Gasteiger partial charge in [-0.1, -0.05) is 30.3 Å². The number of aryl methyl sites for hydroxylation is 1. The number of benzene rings is 3. The number of hydrogen-bond donors (Lipinski definition) is 1. The summed E-state index contributed by atoms with van der Waals surface area (Å²) in [6.45, 7) is 4.47. The summed E-state index contributed by atoms with van der Waals surface area (Å²) in [4.78, 5) is 15.6. The van der Waals surface area contributed by atoms with Crippen molar-refractivity contribution in [3.8, 4) is 17.3 Å². The lowest BCUT2D eigenvalue weighted by atomic mass is 10.0. The minimum atomic E-state index is -0.725. The number of ether oxygens (including phenoxy) is 1. The van der Waals surface area contributed by atoms with Crippen molar-refractivity contribution in [1.82, 2.24) is 19.2 Å². The Bertz CT molecular complexity index is 1700. The number of para-hydroxylation sites is 1. The lowest BCUT2D eigenvalue weighted by Gasteiger charge is -2.31. The molecule has 0 saturated heterocycles. The van der Waals surface area contributed by atoms with Crippen LogP contribution in [0.2, 0.25) is 0 Å². The normalized spacial score (nSPS) is 14.3. The van der Waals surface area contributed by atoms with Crippen LogP contribution in [-0.4, -0.2) is 31.9 Å². The van der Waals surface area contributed by atoms with Crippen LogP contribution in [0.4, 0.5) is 19.3 Å². The average Bonchev–Trinajstić information content (AvgIpc) is 3.52. The second kappa shape index (κ2) is 10.3. The molecule has 6 rings (SSSR count).